The molecule has 0 saturated heterocycles. The standard InChI is InChI=1S/C10H10F4OS/c1-2-3-4-6(11)8(13)5(10(15)16)9(14)7(4)12/h10,15-16H,2-3H2,1H3. The summed E-state index contributed by atoms with van der Waals surface area (Å²) in [4.78, 5) is 0. The van der Waals surface area contributed by atoms with Crippen LogP contribution in [0, 0.1) is 23.3 Å². The molecule has 1 nitrogen and oxygen atoms in total. The van der Waals surface area contributed by atoms with Crippen LogP contribution in [0.5, 0.6) is 0 Å². The molecule has 1 aromatic carbocycles. The van der Waals surface area contributed by atoms with Gasteiger partial charge in [-0.2, -0.15) is 0 Å². The molecule has 0 aliphatic rings. The van der Waals surface area contributed by atoms with Crippen LogP contribution in [0.25, 0.3) is 0 Å². The van der Waals surface area contributed by atoms with Crippen molar-refractivity contribution in [2.24, 2.45) is 0 Å². The summed E-state index contributed by atoms with van der Waals surface area (Å²) in [6, 6.07) is 0. The summed E-state index contributed by atoms with van der Waals surface area (Å²) in [6.07, 6.45) is 0.226. The minimum absolute atomic E-state index is 0.117. The molecule has 0 spiro atoms. The molecule has 0 amide bonds. The van der Waals surface area contributed by atoms with E-state index in [1.807, 2.05) is 0 Å². The van der Waals surface area contributed by atoms with Crippen molar-refractivity contribution < 1.29 is 22.7 Å². The SMILES string of the molecule is CCCc1c(F)c(F)c(C(O)S)c(F)c1F. The van der Waals surface area contributed by atoms with Crippen LogP contribution in [0.3, 0.4) is 0 Å². The van der Waals surface area contributed by atoms with E-state index < -0.39 is 39.8 Å². The topological polar surface area (TPSA) is 20.2 Å². The summed E-state index contributed by atoms with van der Waals surface area (Å²) >= 11 is 3.35. The number of aliphatic hydroxyl groups is 1. The zero-order valence-electron chi connectivity index (χ0n) is 8.40. The lowest BCUT2D eigenvalue weighted by Gasteiger charge is -2.12. The van der Waals surface area contributed by atoms with E-state index >= 15 is 0 Å². The third kappa shape index (κ3) is 2.17. The van der Waals surface area contributed by atoms with Gasteiger partial charge in [-0.25, -0.2) is 17.6 Å². The molecule has 1 atom stereocenters. The van der Waals surface area contributed by atoms with E-state index in [2.05, 4.69) is 12.6 Å². The van der Waals surface area contributed by atoms with Crippen molar-refractivity contribution in [2.75, 3.05) is 0 Å². The van der Waals surface area contributed by atoms with Gasteiger partial charge in [0.15, 0.2) is 23.3 Å². The molecule has 1 unspecified atom stereocenters. The summed E-state index contributed by atoms with van der Waals surface area (Å²) in [5.41, 5.74) is -3.65. The third-order valence-electron chi connectivity index (χ3n) is 2.15. The van der Waals surface area contributed by atoms with Gasteiger partial charge in [0.05, 0.1) is 5.56 Å². The first-order valence-corrected chi connectivity index (χ1v) is 5.14. The molecule has 1 rings (SSSR count). The van der Waals surface area contributed by atoms with Crippen molar-refractivity contribution in [3.63, 3.8) is 0 Å². The van der Waals surface area contributed by atoms with E-state index in [0.29, 0.717) is 6.42 Å². The van der Waals surface area contributed by atoms with Crippen LogP contribution < -0.4 is 0 Å². The van der Waals surface area contributed by atoms with Gasteiger partial charge in [0.2, 0.25) is 0 Å². The van der Waals surface area contributed by atoms with Gasteiger partial charge in [0.1, 0.15) is 5.44 Å². The first-order chi connectivity index (χ1) is 7.41. The molecule has 0 saturated carbocycles. The lowest BCUT2D eigenvalue weighted by Crippen LogP contribution is -2.10. The number of benzene rings is 1. The highest BCUT2D eigenvalue weighted by Gasteiger charge is 2.27. The van der Waals surface area contributed by atoms with E-state index in [1.54, 1.807) is 6.92 Å². The number of thiol groups is 1. The molecule has 0 aliphatic carbocycles. The summed E-state index contributed by atoms with van der Waals surface area (Å²) < 4.78 is 53.2. The maximum absolute atomic E-state index is 13.3. The van der Waals surface area contributed by atoms with Crippen molar-refractivity contribution >= 4 is 12.6 Å². The van der Waals surface area contributed by atoms with Crippen LogP contribution in [0.15, 0.2) is 0 Å². The summed E-state index contributed by atoms with van der Waals surface area (Å²) in [5.74, 6) is -6.12. The molecule has 16 heavy (non-hydrogen) atoms. The second-order valence-electron chi connectivity index (χ2n) is 3.27. The van der Waals surface area contributed by atoms with Crippen molar-refractivity contribution in [1.29, 1.82) is 0 Å². The average Bonchev–Trinajstić information content (AvgIpc) is 2.21. The second kappa shape index (κ2) is 5.05. The Morgan fingerprint density at radius 3 is 1.81 bits per heavy atom. The number of hydrogen-bond acceptors (Lipinski definition) is 2. The maximum Gasteiger partial charge on any atom is 0.168 e. The maximum atomic E-state index is 13.3. The van der Waals surface area contributed by atoms with Gasteiger partial charge in [0, 0.05) is 5.56 Å². The van der Waals surface area contributed by atoms with E-state index in [4.69, 9.17) is 5.11 Å². The van der Waals surface area contributed by atoms with Crippen LogP contribution in [0.4, 0.5) is 17.6 Å². The van der Waals surface area contributed by atoms with Crippen molar-refractivity contribution in [1.82, 2.24) is 0 Å². The fourth-order valence-corrected chi connectivity index (χ4v) is 1.62. The monoisotopic (exact) mass is 254 g/mol. The molecule has 90 valence electrons. The first-order valence-electron chi connectivity index (χ1n) is 4.62. The Bertz CT molecular complexity index is 377. The van der Waals surface area contributed by atoms with Gasteiger partial charge in [0.25, 0.3) is 0 Å². The lowest BCUT2D eigenvalue weighted by molar-refractivity contribution is 0.253. The van der Waals surface area contributed by atoms with E-state index in [1.165, 1.54) is 0 Å². The van der Waals surface area contributed by atoms with Crippen LogP contribution in [-0.4, -0.2) is 5.11 Å². The van der Waals surface area contributed by atoms with Gasteiger partial charge in [-0.3, -0.25) is 0 Å². The molecule has 0 heterocycles. The zero-order valence-corrected chi connectivity index (χ0v) is 9.29. The highest BCUT2D eigenvalue weighted by atomic mass is 32.1. The highest BCUT2D eigenvalue weighted by molar-refractivity contribution is 7.80. The zero-order chi connectivity index (χ0) is 12.5. The molecule has 0 fully saturated rings. The second-order valence-corrected chi connectivity index (χ2v) is 3.76. The van der Waals surface area contributed by atoms with E-state index in [0.717, 1.165) is 0 Å². The number of halogens is 4. The van der Waals surface area contributed by atoms with Crippen LogP contribution in [0.2, 0.25) is 0 Å². The van der Waals surface area contributed by atoms with E-state index in [9.17, 15) is 17.6 Å². The molecule has 1 N–H and O–H groups in total. The third-order valence-corrected chi connectivity index (χ3v) is 2.40. The van der Waals surface area contributed by atoms with Gasteiger partial charge < -0.3 is 5.11 Å². The number of rotatable bonds is 3. The fraction of sp³-hybridized carbons (Fsp3) is 0.400. The van der Waals surface area contributed by atoms with Crippen LogP contribution in [0.1, 0.15) is 29.9 Å². The van der Waals surface area contributed by atoms with Gasteiger partial charge >= 0.3 is 0 Å². The molecular formula is C10H10F4OS. The van der Waals surface area contributed by atoms with Crippen molar-refractivity contribution in [3.05, 3.63) is 34.4 Å². The molecule has 0 bridgehead atoms. The first kappa shape index (κ1) is 13.3. The predicted molar refractivity (Wildman–Crippen MR) is 54.2 cm³/mol. The Labute approximate surface area is 95.5 Å². The Morgan fingerprint density at radius 1 is 1.06 bits per heavy atom. The molecular weight excluding hydrogens is 244 g/mol. The normalized spacial score (nSPS) is 12.9. The average molecular weight is 254 g/mol. The lowest BCUT2D eigenvalue weighted by atomic mass is 10.0. The summed E-state index contributed by atoms with van der Waals surface area (Å²) in [5, 5.41) is 8.91. The Morgan fingerprint density at radius 2 is 1.50 bits per heavy atom. The van der Waals surface area contributed by atoms with Crippen molar-refractivity contribution in [2.45, 2.75) is 25.2 Å². The molecule has 6 heteroatoms. The quantitative estimate of drug-likeness (QED) is 0.367. The molecule has 0 aromatic heterocycles. The van der Waals surface area contributed by atoms with Crippen LogP contribution >= 0.6 is 12.6 Å². The van der Waals surface area contributed by atoms with Gasteiger partial charge in [-0.05, 0) is 6.42 Å². The summed E-state index contributed by atoms with van der Waals surface area (Å²) in [7, 11) is 0. The van der Waals surface area contributed by atoms with Gasteiger partial charge in [-0.15, -0.1) is 12.6 Å². The number of aliphatic hydroxyl groups excluding tert-OH is 1. The molecule has 1 aromatic rings. The van der Waals surface area contributed by atoms with E-state index in [-0.39, 0.29) is 6.42 Å². The fourth-order valence-electron chi connectivity index (χ4n) is 1.39. The van der Waals surface area contributed by atoms with Gasteiger partial charge in [-0.1, -0.05) is 13.3 Å². The summed E-state index contributed by atoms with van der Waals surface area (Å²) in [6.45, 7) is 1.62. The predicted octanol–water partition coefficient (Wildman–Crippen LogP) is 3.12. The van der Waals surface area contributed by atoms with Crippen molar-refractivity contribution in [3.8, 4) is 0 Å². The minimum atomic E-state index is -1.90. The Balaban J connectivity index is 3.50. The minimum Gasteiger partial charge on any atom is -0.378 e. The largest absolute Gasteiger partial charge is 0.378 e. The highest BCUT2D eigenvalue weighted by Crippen LogP contribution is 2.30. The number of hydrogen-bond donors (Lipinski definition) is 2. The Hall–Kier alpha value is -0.750. The molecule has 0 radical (unpaired) electrons. The van der Waals surface area contributed by atoms with Crippen LogP contribution in [-0.2, 0) is 6.42 Å². The Kier molecular flexibility index (Phi) is 4.21. The smallest absolute Gasteiger partial charge is 0.168 e. The molecule has 0 aliphatic heterocycles.